The van der Waals surface area contributed by atoms with Crippen LogP contribution in [0.2, 0.25) is 0 Å². The Morgan fingerprint density at radius 2 is 1.89 bits per heavy atom. The van der Waals surface area contributed by atoms with Gasteiger partial charge in [-0.3, -0.25) is 0 Å². The second kappa shape index (κ2) is 8.38. The van der Waals surface area contributed by atoms with Crippen LogP contribution in [0.3, 0.4) is 0 Å². The van der Waals surface area contributed by atoms with Gasteiger partial charge in [0.15, 0.2) is 11.5 Å². The van der Waals surface area contributed by atoms with E-state index in [0.29, 0.717) is 18.6 Å². The van der Waals surface area contributed by atoms with Gasteiger partial charge in [-0.1, -0.05) is 35.0 Å². The Bertz CT molecular complexity index is 346. The summed E-state index contributed by atoms with van der Waals surface area (Å²) in [6, 6.07) is 8.18. The van der Waals surface area contributed by atoms with Crippen LogP contribution in [0.4, 0.5) is 0 Å². The SMILES string of the molecule is COc1ccccc1OCCNC(C)C(C)CBr. The molecule has 0 spiro atoms. The van der Waals surface area contributed by atoms with Gasteiger partial charge in [-0.05, 0) is 25.0 Å². The monoisotopic (exact) mass is 315 g/mol. The van der Waals surface area contributed by atoms with Gasteiger partial charge in [0.05, 0.1) is 7.11 Å². The van der Waals surface area contributed by atoms with Crippen molar-refractivity contribution in [2.75, 3.05) is 25.6 Å². The molecule has 0 aliphatic heterocycles. The number of alkyl halides is 1. The first-order valence-corrected chi connectivity index (χ1v) is 7.36. The predicted molar refractivity (Wildman–Crippen MR) is 78.9 cm³/mol. The minimum atomic E-state index is 0.477. The Morgan fingerprint density at radius 1 is 1.22 bits per heavy atom. The molecule has 1 rings (SSSR count). The second-order valence-corrected chi connectivity index (χ2v) is 5.02. The number of hydrogen-bond donors (Lipinski definition) is 1. The molecule has 1 N–H and O–H groups in total. The number of benzene rings is 1. The molecule has 0 amide bonds. The molecule has 2 atom stereocenters. The van der Waals surface area contributed by atoms with Crippen molar-refractivity contribution >= 4 is 15.9 Å². The Morgan fingerprint density at radius 3 is 2.50 bits per heavy atom. The quantitative estimate of drug-likeness (QED) is 0.590. The number of halogens is 1. The zero-order valence-electron chi connectivity index (χ0n) is 11.3. The number of nitrogens with one attached hydrogen (secondary N) is 1. The number of hydrogen-bond acceptors (Lipinski definition) is 3. The minimum Gasteiger partial charge on any atom is -0.493 e. The lowest BCUT2D eigenvalue weighted by Gasteiger charge is -2.19. The van der Waals surface area contributed by atoms with Gasteiger partial charge in [0, 0.05) is 17.9 Å². The first-order chi connectivity index (χ1) is 8.69. The topological polar surface area (TPSA) is 30.5 Å². The van der Waals surface area contributed by atoms with E-state index in [0.717, 1.165) is 23.4 Å². The molecule has 0 bridgehead atoms. The molecule has 0 radical (unpaired) electrons. The zero-order valence-corrected chi connectivity index (χ0v) is 12.9. The van der Waals surface area contributed by atoms with Crippen molar-refractivity contribution in [2.24, 2.45) is 5.92 Å². The standard InChI is InChI=1S/C14H22BrNO2/c1-11(10-15)12(2)16-8-9-18-14-7-5-4-6-13(14)17-3/h4-7,11-12,16H,8-10H2,1-3H3. The smallest absolute Gasteiger partial charge is 0.161 e. The summed E-state index contributed by atoms with van der Waals surface area (Å²) in [5.74, 6) is 2.18. The van der Waals surface area contributed by atoms with Crippen LogP contribution in [0, 0.1) is 5.92 Å². The molecule has 1 aromatic rings. The molecule has 0 saturated heterocycles. The first kappa shape index (κ1) is 15.3. The molecule has 0 fully saturated rings. The van der Waals surface area contributed by atoms with E-state index in [4.69, 9.17) is 9.47 Å². The van der Waals surface area contributed by atoms with Crippen molar-refractivity contribution in [3.8, 4) is 11.5 Å². The summed E-state index contributed by atoms with van der Waals surface area (Å²) in [6.45, 7) is 5.87. The maximum atomic E-state index is 5.69. The van der Waals surface area contributed by atoms with E-state index >= 15 is 0 Å². The fourth-order valence-corrected chi connectivity index (χ4v) is 2.08. The van der Waals surface area contributed by atoms with Crippen LogP contribution < -0.4 is 14.8 Å². The van der Waals surface area contributed by atoms with Gasteiger partial charge in [0.25, 0.3) is 0 Å². The van der Waals surface area contributed by atoms with E-state index in [1.54, 1.807) is 7.11 Å². The van der Waals surface area contributed by atoms with Crippen LogP contribution >= 0.6 is 15.9 Å². The highest BCUT2D eigenvalue weighted by molar-refractivity contribution is 9.09. The maximum absolute atomic E-state index is 5.69. The van der Waals surface area contributed by atoms with E-state index in [-0.39, 0.29) is 0 Å². The van der Waals surface area contributed by atoms with Crippen molar-refractivity contribution in [2.45, 2.75) is 19.9 Å². The fraction of sp³-hybridized carbons (Fsp3) is 0.571. The van der Waals surface area contributed by atoms with Crippen molar-refractivity contribution in [3.05, 3.63) is 24.3 Å². The van der Waals surface area contributed by atoms with Crippen LogP contribution in [-0.2, 0) is 0 Å². The average molecular weight is 316 g/mol. The lowest BCUT2D eigenvalue weighted by atomic mass is 10.1. The molecule has 1 aromatic carbocycles. The summed E-state index contributed by atoms with van der Waals surface area (Å²) in [4.78, 5) is 0. The zero-order chi connectivity index (χ0) is 13.4. The first-order valence-electron chi connectivity index (χ1n) is 6.24. The fourth-order valence-electron chi connectivity index (χ4n) is 1.52. The summed E-state index contributed by atoms with van der Waals surface area (Å²) in [5, 5.41) is 4.45. The highest BCUT2D eigenvalue weighted by Gasteiger charge is 2.09. The summed E-state index contributed by atoms with van der Waals surface area (Å²) < 4.78 is 10.9. The maximum Gasteiger partial charge on any atom is 0.161 e. The summed E-state index contributed by atoms with van der Waals surface area (Å²) in [6.07, 6.45) is 0. The van der Waals surface area contributed by atoms with Gasteiger partial charge in [-0.15, -0.1) is 0 Å². The number of rotatable bonds is 8. The molecular weight excluding hydrogens is 294 g/mol. The molecular formula is C14H22BrNO2. The lowest BCUT2D eigenvalue weighted by molar-refractivity contribution is 0.281. The number of ether oxygens (including phenoxy) is 2. The van der Waals surface area contributed by atoms with Crippen LogP contribution in [0.5, 0.6) is 11.5 Å². The number of methoxy groups -OCH3 is 1. The van der Waals surface area contributed by atoms with Gasteiger partial charge < -0.3 is 14.8 Å². The van der Waals surface area contributed by atoms with Crippen molar-refractivity contribution in [1.29, 1.82) is 0 Å². The van der Waals surface area contributed by atoms with Crippen LogP contribution in [0.1, 0.15) is 13.8 Å². The van der Waals surface area contributed by atoms with Crippen LogP contribution in [0.15, 0.2) is 24.3 Å². The van der Waals surface area contributed by atoms with Crippen LogP contribution in [-0.4, -0.2) is 31.6 Å². The molecule has 0 aliphatic carbocycles. The van der Waals surface area contributed by atoms with Gasteiger partial charge in [-0.2, -0.15) is 0 Å². The molecule has 18 heavy (non-hydrogen) atoms. The van der Waals surface area contributed by atoms with Crippen molar-refractivity contribution in [3.63, 3.8) is 0 Å². The Balaban J connectivity index is 2.29. The van der Waals surface area contributed by atoms with Gasteiger partial charge >= 0.3 is 0 Å². The van der Waals surface area contributed by atoms with Crippen molar-refractivity contribution in [1.82, 2.24) is 5.32 Å². The van der Waals surface area contributed by atoms with Crippen LogP contribution in [0.25, 0.3) is 0 Å². The van der Waals surface area contributed by atoms with Gasteiger partial charge in [0.1, 0.15) is 6.61 Å². The summed E-state index contributed by atoms with van der Waals surface area (Å²) in [5.41, 5.74) is 0. The third-order valence-electron chi connectivity index (χ3n) is 2.99. The van der Waals surface area contributed by atoms with E-state index in [9.17, 15) is 0 Å². The molecule has 0 aromatic heterocycles. The molecule has 0 saturated carbocycles. The van der Waals surface area contributed by atoms with E-state index in [2.05, 4.69) is 35.1 Å². The van der Waals surface area contributed by atoms with E-state index < -0.39 is 0 Å². The summed E-state index contributed by atoms with van der Waals surface area (Å²) in [7, 11) is 1.65. The van der Waals surface area contributed by atoms with E-state index in [1.165, 1.54) is 0 Å². The molecule has 4 heteroatoms. The number of para-hydroxylation sites is 2. The highest BCUT2D eigenvalue weighted by Crippen LogP contribution is 2.25. The Kier molecular flexibility index (Phi) is 7.13. The Labute approximate surface area is 118 Å². The molecule has 3 nitrogen and oxygen atoms in total. The lowest BCUT2D eigenvalue weighted by Crippen LogP contribution is -2.35. The highest BCUT2D eigenvalue weighted by atomic mass is 79.9. The molecule has 0 heterocycles. The molecule has 2 unspecified atom stereocenters. The molecule has 0 aliphatic rings. The van der Waals surface area contributed by atoms with Crippen molar-refractivity contribution < 1.29 is 9.47 Å². The average Bonchev–Trinajstić information content (AvgIpc) is 2.42. The second-order valence-electron chi connectivity index (χ2n) is 4.37. The molecule has 102 valence electrons. The normalized spacial score (nSPS) is 14.0. The van der Waals surface area contributed by atoms with E-state index in [1.807, 2.05) is 24.3 Å². The van der Waals surface area contributed by atoms with Gasteiger partial charge in [-0.25, -0.2) is 0 Å². The third kappa shape index (κ3) is 4.86. The summed E-state index contributed by atoms with van der Waals surface area (Å²) >= 11 is 3.49. The third-order valence-corrected chi connectivity index (χ3v) is 4.01. The largest absolute Gasteiger partial charge is 0.493 e. The van der Waals surface area contributed by atoms with Gasteiger partial charge in [0.2, 0.25) is 0 Å². The minimum absolute atomic E-state index is 0.477. The Hall–Kier alpha value is -0.740. The predicted octanol–water partition coefficient (Wildman–Crippen LogP) is 3.08.